The van der Waals surface area contributed by atoms with E-state index in [1.807, 2.05) is 6.92 Å². The Bertz CT molecular complexity index is 311. The van der Waals surface area contributed by atoms with Gasteiger partial charge in [0.05, 0.1) is 6.04 Å². The summed E-state index contributed by atoms with van der Waals surface area (Å²) in [6, 6.07) is 0.662. The van der Waals surface area contributed by atoms with Crippen LogP contribution in [-0.4, -0.2) is 16.2 Å². The third-order valence-electron chi connectivity index (χ3n) is 3.22. The summed E-state index contributed by atoms with van der Waals surface area (Å²) in [6.45, 7) is 10.6. The first-order valence-corrected chi connectivity index (χ1v) is 6.14. The minimum atomic E-state index is 0.196. The fourth-order valence-electron chi connectivity index (χ4n) is 1.67. The van der Waals surface area contributed by atoms with Gasteiger partial charge in [-0.25, -0.2) is 0 Å². The van der Waals surface area contributed by atoms with Crippen LogP contribution in [0.15, 0.2) is 4.52 Å². The minimum Gasteiger partial charge on any atom is -0.340 e. The molecule has 92 valence electrons. The molecule has 1 aromatic heterocycles. The molecular formula is C12H23N3O. The largest absolute Gasteiger partial charge is 0.340 e. The molecule has 1 rings (SSSR count). The van der Waals surface area contributed by atoms with E-state index < -0.39 is 0 Å². The molecule has 1 aromatic rings. The SMILES string of the molecule is CCC(NC(C)C(C)CC)c1noc(C)n1. The van der Waals surface area contributed by atoms with Crippen molar-refractivity contribution in [3.8, 4) is 0 Å². The van der Waals surface area contributed by atoms with Gasteiger partial charge in [-0.15, -0.1) is 0 Å². The van der Waals surface area contributed by atoms with Crippen LogP contribution >= 0.6 is 0 Å². The van der Waals surface area contributed by atoms with Crippen LogP contribution in [0.3, 0.4) is 0 Å². The molecule has 0 saturated carbocycles. The molecule has 1 heterocycles. The molecule has 3 atom stereocenters. The number of nitrogens with zero attached hydrogens (tertiary/aromatic N) is 2. The van der Waals surface area contributed by atoms with Crippen LogP contribution in [0, 0.1) is 12.8 Å². The number of nitrogens with one attached hydrogen (secondary N) is 1. The topological polar surface area (TPSA) is 51.0 Å². The maximum atomic E-state index is 5.01. The van der Waals surface area contributed by atoms with Gasteiger partial charge in [0.15, 0.2) is 5.82 Å². The molecule has 0 aliphatic heterocycles. The number of hydrogen-bond donors (Lipinski definition) is 1. The second-order valence-electron chi connectivity index (χ2n) is 4.47. The zero-order chi connectivity index (χ0) is 12.1. The molecule has 0 spiro atoms. The third-order valence-corrected chi connectivity index (χ3v) is 3.22. The molecule has 4 heteroatoms. The first-order valence-electron chi connectivity index (χ1n) is 6.14. The summed E-state index contributed by atoms with van der Waals surface area (Å²) in [5, 5.41) is 7.54. The van der Waals surface area contributed by atoms with Crippen molar-refractivity contribution >= 4 is 0 Å². The van der Waals surface area contributed by atoms with Gasteiger partial charge in [0.2, 0.25) is 5.89 Å². The molecule has 4 nitrogen and oxygen atoms in total. The van der Waals surface area contributed by atoms with E-state index in [1.165, 1.54) is 6.42 Å². The summed E-state index contributed by atoms with van der Waals surface area (Å²) in [4.78, 5) is 4.28. The quantitative estimate of drug-likeness (QED) is 0.808. The van der Waals surface area contributed by atoms with Gasteiger partial charge >= 0.3 is 0 Å². The van der Waals surface area contributed by atoms with Crippen LogP contribution in [0.4, 0.5) is 0 Å². The summed E-state index contributed by atoms with van der Waals surface area (Å²) in [7, 11) is 0. The molecule has 0 bridgehead atoms. The fraction of sp³-hybridized carbons (Fsp3) is 0.833. The van der Waals surface area contributed by atoms with Gasteiger partial charge < -0.3 is 9.84 Å². The van der Waals surface area contributed by atoms with E-state index in [0.717, 1.165) is 12.2 Å². The summed E-state index contributed by atoms with van der Waals surface area (Å²) >= 11 is 0. The van der Waals surface area contributed by atoms with Crippen molar-refractivity contribution in [2.75, 3.05) is 0 Å². The normalized spacial score (nSPS) is 17.1. The average Bonchev–Trinajstić information content (AvgIpc) is 2.71. The van der Waals surface area contributed by atoms with E-state index in [4.69, 9.17) is 4.52 Å². The smallest absolute Gasteiger partial charge is 0.223 e. The summed E-state index contributed by atoms with van der Waals surface area (Å²) in [6.07, 6.45) is 2.15. The highest BCUT2D eigenvalue weighted by atomic mass is 16.5. The van der Waals surface area contributed by atoms with Crippen molar-refractivity contribution < 1.29 is 4.52 Å². The molecule has 0 radical (unpaired) electrons. The number of aryl methyl sites for hydroxylation is 1. The van der Waals surface area contributed by atoms with E-state index >= 15 is 0 Å². The predicted molar refractivity (Wildman–Crippen MR) is 64.1 cm³/mol. The third kappa shape index (κ3) is 3.30. The first kappa shape index (κ1) is 13.2. The molecule has 1 N–H and O–H groups in total. The van der Waals surface area contributed by atoms with E-state index in [1.54, 1.807) is 0 Å². The van der Waals surface area contributed by atoms with Gasteiger partial charge in [0, 0.05) is 13.0 Å². The lowest BCUT2D eigenvalue weighted by Gasteiger charge is -2.24. The molecule has 0 aromatic carbocycles. The van der Waals surface area contributed by atoms with Crippen molar-refractivity contribution in [2.24, 2.45) is 5.92 Å². The average molecular weight is 225 g/mol. The highest BCUT2D eigenvalue weighted by Crippen LogP contribution is 2.17. The minimum absolute atomic E-state index is 0.196. The Labute approximate surface area is 97.8 Å². The van der Waals surface area contributed by atoms with Gasteiger partial charge in [-0.3, -0.25) is 0 Å². The van der Waals surface area contributed by atoms with Crippen LogP contribution in [0.25, 0.3) is 0 Å². The summed E-state index contributed by atoms with van der Waals surface area (Å²) in [5.74, 6) is 2.06. The molecule has 16 heavy (non-hydrogen) atoms. The van der Waals surface area contributed by atoms with E-state index in [9.17, 15) is 0 Å². The highest BCUT2D eigenvalue weighted by Gasteiger charge is 2.19. The molecule has 0 saturated heterocycles. The number of hydrogen-bond acceptors (Lipinski definition) is 4. The predicted octanol–water partition coefficient (Wildman–Crippen LogP) is 2.85. The van der Waals surface area contributed by atoms with E-state index in [0.29, 0.717) is 17.9 Å². The Morgan fingerprint density at radius 3 is 2.38 bits per heavy atom. The number of aromatic nitrogens is 2. The van der Waals surface area contributed by atoms with Gasteiger partial charge in [-0.2, -0.15) is 4.98 Å². The standard InChI is InChI=1S/C12H23N3O/c1-6-8(3)9(4)13-11(7-2)12-14-10(5)16-15-12/h8-9,11,13H,6-7H2,1-5H3. The Balaban J connectivity index is 2.62. The molecule has 0 aliphatic rings. The molecular weight excluding hydrogens is 202 g/mol. The second-order valence-corrected chi connectivity index (χ2v) is 4.47. The summed E-state index contributed by atoms with van der Waals surface area (Å²) in [5.41, 5.74) is 0. The molecule has 3 unspecified atom stereocenters. The van der Waals surface area contributed by atoms with Crippen molar-refractivity contribution in [3.05, 3.63) is 11.7 Å². The maximum absolute atomic E-state index is 5.01. The fourth-order valence-corrected chi connectivity index (χ4v) is 1.67. The van der Waals surface area contributed by atoms with Crippen LogP contribution < -0.4 is 5.32 Å². The van der Waals surface area contributed by atoms with Gasteiger partial charge in [0.1, 0.15) is 0 Å². The van der Waals surface area contributed by atoms with Crippen molar-refractivity contribution in [3.63, 3.8) is 0 Å². The maximum Gasteiger partial charge on any atom is 0.223 e. The van der Waals surface area contributed by atoms with E-state index in [2.05, 4.69) is 43.2 Å². The van der Waals surface area contributed by atoms with E-state index in [-0.39, 0.29) is 6.04 Å². The van der Waals surface area contributed by atoms with Crippen LogP contribution in [0.2, 0.25) is 0 Å². The van der Waals surface area contributed by atoms with Gasteiger partial charge in [0.25, 0.3) is 0 Å². The monoisotopic (exact) mass is 225 g/mol. The molecule has 0 amide bonds. The van der Waals surface area contributed by atoms with Crippen molar-refractivity contribution in [1.29, 1.82) is 0 Å². The lowest BCUT2D eigenvalue weighted by molar-refractivity contribution is 0.326. The van der Waals surface area contributed by atoms with Crippen molar-refractivity contribution in [2.45, 2.75) is 59.5 Å². The van der Waals surface area contributed by atoms with Crippen molar-refractivity contribution in [1.82, 2.24) is 15.5 Å². The number of rotatable bonds is 6. The molecule has 0 aliphatic carbocycles. The Morgan fingerprint density at radius 1 is 1.25 bits per heavy atom. The Morgan fingerprint density at radius 2 is 1.94 bits per heavy atom. The van der Waals surface area contributed by atoms with Crippen LogP contribution in [0.5, 0.6) is 0 Å². The first-order chi connectivity index (χ1) is 7.58. The Hall–Kier alpha value is -0.900. The highest BCUT2D eigenvalue weighted by molar-refractivity contribution is 4.93. The van der Waals surface area contributed by atoms with Crippen LogP contribution in [-0.2, 0) is 0 Å². The van der Waals surface area contributed by atoms with Crippen LogP contribution in [0.1, 0.15) is 58.3 Å². The van der Waals surface area contributed by atoms with Gasteiger partial charge in [-0.1, -0.05) is 32.3 Å². The lowest BCUT2D eigenvalue weighted by Crippen LogP contribution is -2.35. The summed E-state index contributed by atoms with van der Waals surface area (Å²) < 4.78 is 5.01. The second kappa shape index (κ2) is 5.99. The Kier molecular flexibility index (Phi) is 4.93. The lowest BCUT2D eigenvalue weighted by atomic mass is 9.99. The zero-order valence-corrected chi connectivity index (χ0v) is 10.9. The zero-order valence-electron chi connectivity index (χ0n) is 10.9. The van der Waals surface area contributed by atoms with Gasteiger partial charge in [-0.05, 0) is 19.3 Å². The molecule has 0 fully saturated rings.